The Kier molecular flexibility index (Phi) is 13.2. The second-order valence-corrected chi connectivity index (χ2v) is 7.10. The fourth-order valence-electron chi connectivity index (χ4n) is 2.38. The van der Waals surface area contributed by atoms with Crippen LogP contribution < -0.4 is 11.5 Å². The van der Waals surface area contributed by atoms with Gasteiger partial charge in [-0.15, -0.1) is 0 Å². The normalized spacial score (nSPS) is 12.8. The molecule has 0 heterocycles. The Balaban J connectivity index is 5.40. The van der Waals surface area contributed by atoms with Crippen molar-refractivity contribution in [2.45, 2.75) is 59.2 Å². The zero-order chi connectivity index (χ0) is 17.6. The summed E-state index contributed by atoms with van der Waals surface area (Å²) in [6.45, 7) is 10.6. The summed E-state index contributed by atoms with van der Waals surface area (Å²) in [5, 5.41) is 0. The average molecular weight is 353 g/mol. The van der Waals surface area contributed by atoms with Crippen LogP contribution >= 0.6 is 0 Å². The molecule has 8 heteroatoms. The molecule has 23 heavy (non-hydrogen) atoms. The van der Waals surface area contributed by atoms with E-state index in [0.717, 1.165) is 12.8 Å². The first-order valence-corrected chi connectivity index (χ1v) is 10.4. The van der Waals surface area contributed by atoms with Crippen LogP contribution in [-0.2, 0) is 22.4 Å². The van der Waals surface area contributed by atoms with Gasteiger partial charge in [-0.3, -0.25) is 0 Å². The number of hydrogen-bond donors (Lipinski definition) is 2. The molecule has 0 amide bonds. The van der Waals surface area contributed by atoms with Gasteiger partial charge >= 0.3 is 9.05 Å². The van der Waals surface area contributed by atoms with Gasteiger partial charge in [0.1, 0.15) is 0 Å². The van der Waals surface area contributed by atoms with E-state index in [9.17, 15) is 0 Å². The van der Waals surface area contributed by atoms with Crippen molar-refractivity contribution in [1.82, 2.24) is 0 Å². The lowest BCUT2D eigenvalue weighted by molar-refractivity contribution is -0.234. The van der Waals surface area contributed by atoms with Crippen LogP contribution in [0, 0.1) is 0 Å². The Labute approximate surface area is 142 Å². The molecule has 0 aliphatic rings. The molecule has 0 saturated heterocycles. The smallest absolute Gasteiger partial charge is 0.351 e. The second kappa shape index (κ2) is 13.3. The van der Waals surface area contributed by atoms with Crippen LogP contribution in [0.1, 0.15) is 53.4 Å². The lowest BCUT2D eigenvalue weighted by atomic mass is 10.0. The van der Waals surface area contributed by atoms with E-state index in [4.69, 9.17) is 33.9 Å². The molecule has 0 rings (SSSR count). The van der Waals surface area contributed by atoms with Crippen LogP contribution in [0.3, 0.4) is 0 Å². The fourth-order valence-corrected chi connectivity index (χ4v) is 4.58. The molecule has 4 N–H and O–H groups in total. The summed E-state index contributed by atoms with van der Waals surface area (Å²) < 4.78 is 29.7. The van der Waals surface area contributed by atoms with Crippen LogP contribution in [0.15, 0.2) is 0 Å². The summed E-state index contributed by atoms with van der Waals surface area (Å²) in [5.41, 5.74) is 11.4. The molecule has 0 aliphatic carbocycles. The van der Waals surface area contributed by atoms with Crippen molar-refractivity contribution in [3.05, 3.63) is 0 Å². The molecule has 0 spiro atoms. The van der Waals surface area contributed by atoms with E-state index in [0.29, 0.717) is 52.4 Å². The van der Waals surface area contributed by atoms with Gasteiger partial charge in [0.2, 0.25) is 0 Å². The maximum Gasteiger partial charge on any atom is 0.681 e. The first-order valence-electron chi connectivity index (χ1n) is 8.73. The SMILES string of the molecule is CCOC(CCCN)(CCCN)O[Si](OCC)(OCC)OCC. The number of nitrogens with two attached hydrogens (primary N) is 2. The maximum atomic E-state index is 6.33. The summed E-state index contributed by atoms with van der Waals surface area (Å²) in [4.78, 5) is 0. The van der Waals surface area contributed by atoms with E-state index < -0.39 is 14.8 Å². The lowest BCUT2D eigenvalue weighted by Gasteiger charge is -2.39. The van der Waals surface area contributed by atoms with Gasteiger partial charge in [-0.2, -0.15) is 0 Å². The van der Waals surface area contributed by atoms with E-state index in [-0.39, 0.29) is 0 Å². The third kappa shape index (κ3) is 8.55. The minimum atomic E-state index is -3.27. The van der Waals surface area contributed by atoms with Gasteiger partial charge in [0.15, 0.2) is 5.79 Å². The zero-order valence-electron chi connectivity index (χ0n) is 15.3. The van der Waals surface area contributed by atoms with Gasteiger partial charge in [0.25, 0.3) is 0 Å². The summed E-state index contributed by atoms with van der Waals surface area (Å²) in [6.07, 6.45) is 2.86. The predicted octanol–water partition coefficient (Wildman–Crippen LogP) is 1.76. The second-order valence-electron chi connectivity index (χ2n) is 5.03. The Bertz CT molecular complexity index is 260. The Morgan fingerprint density at radius 3 is 1.48 bits per heavy atom. The Hall–Kier alpha value is -0.0631. The molecule has 0 aromatic heterocycles. The van der Waals surface area contributed by atoms with Crippen LogP contribution in [0.5, 0.6) is 0 Å². The lowest BCUT2D eigenvalue weighted by Crippen LogP contribution is -2.56. The van der Waals surface area contributed by atoms with Crippen molar-refractivity contribution in [1.29, 1.82) is 0 Å². The van der Waals surface area contributed by atoms with Crippen LogP contribution in [-0.4, -0.2) is 54.4 Å². The highest BCUT2D eigenvalue weighted by Gasteiger charge is 2.52. The number of rotatable bonds is 16. The maximum absolute atomic E-state index is 6.33. The summed E-state index contributed by atoms with van der Waals surface area (Å²) in [6, 6.07) is 0. The first kappa shape index (κ1) is 22.9. The molecule has 0 atom stereocenters. The highest BCUT2D eigenvalue weighted by atomic mass is 28.4. The van der Waals surface area contributed by atoms with Crippen molar-refractivity contribution in [3.63, 3.8) is 0 Å². The molecule has 140 valence electrons. The molecule has 0 fully saturated rings. The molecule has 0 unspecified atom stereocenters. The topological polar surface area (TPSA) is 98.2 Å². The zero-order valence-corrected chi connectivity index (χ0v) is 16.3. The Morgan fingerprint density at radius 1 is 0.739 bits per heavy atom. The largest absolute Gasteiger partial charge is 0.681 e. The van der Waals surface area contributed by atoms with Gasteiger partial charge in [-0.25, -0.2) is 0 Å². The van der Waals surface area contributed by atoms with Gasteiger partial charge in [-0.1, -0.05) is 0 Å². The van der Waals surface area contributed by atoms with E-state index in [1.807, 2.05) is 27.7 Å². The first-order chi connectivity index (χ1) is 11.1. The van der Waals surface area contributed by atoms with Crippen molar-refractivity contribution >= 4 is 9.05 Å². The monoisotopic (exact) mass is 352 g/mol. The standard InChI is InChI=1S/C15H36N2O5Si/c1-5-18-15(11-9-13-16,12-10-14-17)22-23(19-6-2,20-7-3)21-8-4/h5-14,16-17H2,1-4H3. The molecule has 0 radical (unpaired) electrons. The van der Waals surface area contributed by atoms with Gasteiger partial charge < -0.3 is 33.9 Å². The molecule has 0 aromatic rings. The molecule has 0 bridgehead atoms. The van der Waals surface area contributed by atoms with Gasteiger partial charge in [0.05, 0.1) is 0 Å². The minimum Gasteiger partial charge on any atom is -0.351 e. The Morgan fingerprint density at radius 2 is 1.17 bits per heavy atom. The van der Waals surface area contributed by atoms with Gasteiger partial charge in [0, 0.05) is 39.3 Å². The molecule has 0 aliphatic heterocycles. The molecule has 7 nitrogen and oxygen atoms in total. The van der Waals surface area contributed by atoms with E-state index in [2.05, 4.69) is 0 Å². The number of hydrogen-bond acceptors (Lipinski definition) is 7. The van der Waals surface area contributed by atoms with E-state index >= 15 is 0 Å². The van der Waals surface area contributed by atoms with Crippen molar-refractivity contribution in [2.24, 2.45) is 11.5 Å². The molecular weight excluding hydrogens is 316 g/mol. The summed E-state index contributed by atoms with van der Waals surface area (Å²) in [7, 11) is -3.27. The van der Waals surface area contributed by atoms with Gasteiger partial charge in [-0.05, 0) is 53.6 Å². The van der Waals surface area contributed by atoms with Crippen LogP contribution in [0.2, 0.25) is 0 Å². The van der Waals surface area contributed by atoms with E-state index in [1.165, 1.54) is 0 Å². The van der Waals surface area contributed by atoms with Crippen LogP contribution in [0.25, 0.3) is 0 Å². The quantitative estimate of drug-likeness (QED) is 0.322. The van der Waals surface area contributed by atoms with Crippen LogP contribution in [0.4, 0.5) is 0 Å². The van der Waals surface area contributed by atoms with E-state index in [1.54, 1.807) is 0 Å². The molecule has 0 aromatic carbocycles. The molecular formula is C15H36N2O5Si. The third-order valence-corrected chi connectivity index (χ3v) is 5.75. The van der Waals surface area contributed by atoms with Crippen molar-refractivity contribution < 1.29 is 22.4 Å². The molecule has 0 saturated carbocycles. The average Bonchev–Trinajstić information content (AvgIpc) is 2.52. The summed E-state index contributed by atoms with van der Waals surface area (Å²) >= 11 is 0. The highest BCUT2D eigenvalue weighted by Crippen LogP contribution is 2.31. The predicted molar refractivity (Wildman–Crippen MR) is 92.7 cm³/mol. The van der Waals surface area contributed by atoms with Crippen molar-refractivity contribution in [3.8, 4) is 0 Å². The highest BCUT2D eigenvalue weighted by molar-refractivity contribution is 6.53. The number of ether oxygens (including phenoxy) is 1. The summed E-state index contributed by atoms with van der Waals surface area (Å²) in [5.74, 6) is -0.834. The third-order valence-electron chi connectivity index (χ3n) is 3.21. The van der Waals surface area contributed by atoms with Crippen molar-refractivity contribution in [2.75, 3.05) is 39.5 Å². The minimum absolute atomic E-state index is 0.447. The fraction of sp³-hybridized carbons (Fsp3) is 1.00.